The average molecular weight is 680 g/mol. The summed E-state index contributed by atoms with van der Waals surface area (Å²) in [5.74, 6) is -1.60. The van der Waals surface area contributed by atoms with E-state index in [2.05, 4.69) is 16.0 Å². The largest absolute Gasteiger partial charge is 0.461 e. The smallest absolute Gasteiger partial charge is 0.408 e. The second-order valence-electron chi connectivity index (χ2n) is 14.5. The summed E-state index contributed by atoms with van der Waals surface area (Å²) >= 11 is 0. The van der Waals surface area contributed by atoms with Gasteiger partial charge in [0.1, 0.15) is 23.4 Å². The topological polar surface area (TPSA) is 158 Å². The van der Waals surface area contributed by atoms with Crippen molar-refractivity contribution in [2.45, 2.75) is 144 Å². The number of rotatable bonds is 17. The van der Waals surface area contributed by atoms with Crippen LogP contribution < -0.4 is 16.0 Å². The Bertz CT molecular complexity index is 1140. The fourth-order valence-electron chi connectivity index (χ4n) is 4.30. The number of Topliss-reactive ketones (excluding diaryl/α,β-unsaturated/α-hetero) is 1. The number of alkyl carbamates (subject to hydrolysis) is 3. The lowest BCUT2D eigenvalue weighted by molar-refractivity contribution is -0.152. The molecule has 2 atom stereocenters. The Labute approximate surface area is 287 Å². The van der Waals surface area contributed by atoms with Gasteiger partial charge in [-0.25, -0.2) is 14.4 Å². The molecule has 0 saturated carbocycles. The summed E-state index contributed by atoms with van der Waals surface area (Å²) in [6, 6.07) is 8.33. The number of ether oxygens (including phenoxy) is 4. The van der Waals surface area contributed by atoms with Gasteiger partial charge in [-0.15, -0.1) is 0 Å². The molecule has 1 aromatic rings. The normalized spacial score (nSPS) is 12.8. The first-order chi connectivity index (χ1) is 21.7. The molecule has 0 aliphatic heterocycles. The number of carbonyl (C=O) groups excluding carboxylic acids is 5. The van der Waals surface area contributed by atoms with Crippen molar-refractivity contribution in [1.29, 1.82) is 0 Å². The zero-order valence-electron chi connectivity index (χ0n) is 29.8. The minimum atomic E-state index is -0.912. The highest BCUT2D eigenvalue weighted by atomic mass is 16.6. The lowest BCUT2D eigenvalue weighted by Gasteiger charge is -2.24. The second kappa shape index (κ2) is 21.2. The summed E-state index contributed by atoms with van der Waals surface area (Å²) in [6.07, 6.45) is 0.804. The summed E-state index contributed by atoms with van der Waals surface area (Å²) in [4.78, 5) is 63.5. The lowest BCUT2D eigenvalue weighted by atomic mass is 9.92. The number of ketones is 1. The van der Waals surface area contributed by atoms with Crippen LogP contribution in [0, 0.1) is 5.92 Å². The van der Waals surface area contributed by atoms with E-state index in [1.54, 1.807) is 62.3 Å². The van der Waals surface area contributed by atoms with Crippen LogP contribution in [0.1, 0.15) is 120 Å². The third kappa shape index (κ3) is 22.7. The molecule has 0 radical (unpaired) electrons. The number of hydrogen-bond donors (Lipinski definition) is 3. The van der Waals surface area contributed by atoms with Gasteiger partial charge in [0.15, 0.2) is 5.78 Å². The zero-order chi connectivity index (χ0) is 35.7. The van der Waals surface area contributed by atoms with E-state index in [0.29, 0.717) is 45.2 Å². The Morgan fingerprint density at radius 3 is 1.58 bits per heavy atom. The van der Waals surface area contributed by atoms with Gasteiger partial charge in [0.05, 0.1) is 12.0 Å². The molecule has 1 rings (SSSR count). The molecule has 12 nitrogen and oxygen atoms in total. The van der Waals surface area contributed by atoms with Crippen LogP contribution in [0.5, 0.6) is 0 Å². The van der Waals surface area contributed by atoms with Crippen molar-refractivity contribution in [2.24, 2.45) is 5.92 Å². The van der Waals surface area contributed by atoms with E-state index in [9.17, 15) is 24.0 Å². The number of hydrogen-bond acceptors (Lipinski definition) is 9. The Morgan fingerprint density at radius 2 is 1.10 bits per heavy atom. The van der Waals surface area contributed by atoms with Crippen LogP contribution in [0.15, 0.2) is 30.3 Å². The molecule has 0 fully saturated rings. The highest BCUT2D eigenvalue weighted by Crippen LogP contribution is 2.20. The van der Waals surface area contributed by atoms with E-state index in [1.807, 2.05) is 30.3 Å². The number of esters is 1. The van der Waals surface area contributed by atoms with E-state index in [1.165, 1.54) is 0 Å². The number of carbonyl (C=O) groups is 5. The van der Waals surface area contributed by atoms with Crippen LogP contribution >= 0.6 is 0 Å². The summed E-state index contributed by atoms with van der Waals surface area (Å²) < 4.78 is 21.5. The molecule has 0 unspecified atom stereocenters. The molecular weight excluding hydrogens is 618 g/mol. The monoisotopic (exact) mass is 679 g/mol. The van der Waals surface area contributed by atoms with Crippen molar-refractivity contribution < 1.29 is 42.9 Å². The van der Waals surface area contributed by atoms with Crippen molar-refractivity contribution in [3.8, 4) is 0 Å². The summed E-state index contributed by atoms with van der Waals surface area (Å²) in [5, 5.41) is 8.06. The van der Waals surface area contributed by atoms with Crippen molar-refractivity contribution in [3.63, 3.8) is 0 Å². The first-order valence-corrected chi connectivity index (χ1v) is 16.4. The van der Waals surface area contributed by atoms with E-state index >= 15 is 0 Å². The van der Waals surface area contributed by atoms with Crippen LogP contribution in [0.3, 0.4) is 0 Å². The third-order valence-electron chi connectivity index (χ3n) is 6.32. The molecule has 0 heterocycles. The molecule has 0 bridgehead atoms. The highest BCUT2D eigenvalue weighted by Gasteiger charge is 2.30. The quantitative estimate of drug-likeness (QED) is 0.0878. The molecule has 1 aromatic carbocycles. The summed E-state index contributed by atoms with van der Waals surface area (Å²) in [6.45, 7) is 16.6. The second-order valence-corrected chi connectivity index (χ2v) is 14.5. The van der Waals surface area contributed by atoms with Gasteiger partial charge >= 0.3 is 24.2 Å². The van der Waals surface area contributed by atoms with Crippen molar-refractivity contribution >= 4 is 30.0 Å². The SMILES string of the molecule is C.CC(C)(C)OC(=O)NCCCC[C@H](CC(=O)[C@H](CCCCNC(=O)OC(C)(C)C)NC(=O)OC(C)(C)C)C(=O)OCc1ccccc1. The first-order valence-electron chi connectivity index (χ1n) is 16.4. The number of benzene rings is 1. The number of nitrogens with one attached hydrogen (secondary N) is 3. The Kier molecular flexibility index (Phi) is 19.5. The Morgan fingerprint density at radius 1 is 0.646 bits per heavy atom. The molecule has 0 aromatic heterocycles. The Balaban J connectivity index is 0.0000221. The number of unbranched alkanes of at least 4 members (excludes halogenated alkanes) is 2. The zero-order valence-corrected chi connectivity index (χ0v) is 29.8. The molecule has 12 heteroatoms. The van der Waals surface area contributed by atoms with Gasteiger partial charge in [0, 0.05) is 19.5 Å². The van der Waals surface area contributed by atoms with Gasteiger partial charge in [-0.05, 0) is 100.0 Å². The fourth-order valence-corrected chi connectivity index (χ4v) is 4.30. The maximum Gasteiger partial charge on any atom is 0.408 e. The standard InChI is InChI=1S/C35H57N3O9.CH4/c1-33(2,3)45-30(41)36-21-15-13-19-26(29(40)44-24-25-17-11-10-12-18-25)23-28(39)27(38-32(43)47-35(7,8)9)20-14-16-22-37-31(42)46-34(4,5)6;/h10-12,17-18,26-27H,13-16,19-24H2,1-9H3,(H,36,41)(H,37,42)(H,38,43);1H4/t26-,27+;/m1./s1. The number of amides is 3. The molecule has 3 amide bonds. The van der Waals surface area contributed by atoms with Crippen molar-refractivity contribution in [3.05, 3.63) is 35.9 Å². The van der Waals surface area contributed by atoms with Gasteiger partial charge in [-0.3, -0.25) is 9.59 Å². The summed E-state index contributed by atoms with van der Waals surface area (Å²) in [5.41, 5.74) is -1.19. The van der Waals surface area contributed by atoms with Gasteiger partial charge in [-0.1, -0.05) is 44.2 Å². The van der Waals surface area contributed by atoms with E-state index in [-0.39, 0.29) is 32.7 Å². The molecule has 0 aliphatic carbocycles. The highest BCUT2D eigenvalue weighted by molar-refractivity contribution is 5.90. The predicted molar refractivity (Wildman–Crippen MR) is 185 cm³/mol. The summed E-state index contributed by atoms with van der Waals surface area (Å²) in [7, 11) is 0. The average Bonchev–Trinajstić information content (AvgIpc) is 2.91. The van der Waals surface area contributed by atoms with Crippen molar-refractivity contribution in [2.75, 3.05) is 13.1 Å². The van der Waals surface area contributed by atoms with Gasteiger partial charge in [0.25, 0.3) is 0 Å². The molecule has 0 aliphatic rings. The molecule has 0 spiro atoms. The fraction of sp³-hybridized carbons (Fsp3) is 0.694. The minimum Gasteiger partial charge on any atom is -0.461 e. The van der Waals surface area contributed by atoms with Crippen LogP contribution in [0.25, 0.3) is 0 Å². The van der Waals surface area contributed by atoms with E-state index in [0.717, 1.165) is 5.56 Å². The maximum atomic E-state index is 13.6. The van der Waals surface area contributed by atoms with Crippen LogP contribution in [-0.4, -0.2) is 66.0 Å². The van der Waals surface area contributed by atoms with Crippen LogP contribution in [0.2, 0.25) is 0 Å². The molecular formula is C36H61N3O9. The third-order valence-corrected chi connectivity index (χ3v) is 6.32. The lowest BCUT2D eigenvalue weighted by Crippen LogP contribution is -2.44. The van der Waals surface area contributed by atoms with Crippen LogP contribution in [0.4, 0.5) is 14.4 Å². The van der Waals surface area contributed by atoms with Gasteiger partial charge in [-0.2, -0.15) is 0 Å². The molecule has 3 N–H and O–H groups in total. The van der Waals surface area contributed by atoms with Gasteiger partial charge < -0.3 is 34.9 Å². The van der Waals surface area contributed by atoms with Crippen LogP contribution in [-0.2, 0) is 35.1 Å². The van der Waals surface area contributed by atoms with Crippen molar-refractivity contribution in [1.82, 2.24) is 16.0 Å². The first kappa shape index (κ1) is 44.2. The predicted octanol–water partition coefficient (Wildman–Crippen LogP) is 7.22. The minimum absolute atomic E-state index is 0. The van der Waals surface area contributed by atoms with E-state index in [4.69, 9.17) is 18.9 Å². The van der Waals surface area contributed by atoms with Gasteiger partial charge in [0.2, 0.25) is 0 Å². The molecule has 48 heavy (non-hydrogen) atoms. The van der Waals surface area contributed by atoms with E-state index < -0.39 is 53.0 Å². The molecule has 274 valence electrons. The molecule has 0 saturated heterocycles. The Hall–Kier alpha value is -3.83. The maximum absolute atomic E-state index is 13.6.